The predicted octanol–water partition coefficient (Wildman–Crippen LogP) is 3.27. The standard InChI is InChI=1S/C17H18N2O2/c1-18-10-9-12-5-3-4-6-14(12)17-19-15-11-13(20-2)7-8-16(15)21-17/h3-8,11,18H,9-10H2,1-2H3. The Balaban J connectivity index is 2.03. The molecule has 0 amide bonds. The number of rotatable bonds is 5. The molecule has 0 saturated carbocycles. The Hall–Kier alpha value is -2.33. The fourth-order valence-corrected chi connectivity index (χ4v) is 2.36. The van der Waals surface area contributed by atoms with Crippen LogP contribution >= 0.6 is 0 Å². The molecule has 0 radical (unpaired) electrons. The number of fused-ring (bicyclic) bond motifs is 1. The summed E-state index contributed by atoms with van der Waals surface area (Å²) in [5.74, 6) is 1.44. The van der Waals surface area contributed by atoms with Gasteiger partial charge in [-0.05, 0) is 43.8 Å². The highest BCUT2D eigenvalue weighted by Gasteiger charge is 2.12. The highest BCUT2D eigenvalue weighted by atomic mass is 16.5. The van der Waals surface area contributed by atoms with Gasteiger partial charge in [0.05, 0.1) is 7.11 Å². The summed E-state index contributed by atoms with van der Waals surface area (Å²) in [7, 11) is 3.60. The number of hydrogen-bond donors (Lipinski definition) is 1. The van der Waals surface area contributed by atoms with Crippen LogP contribution in [0, 0.1) is 0 Å². The van der Waals surface area contributed by atoms with E-state index >= 15 is 0 Å². The number of nitrogens with one attached hydrogen (secondary N) is 1. The highest BCUT2D eigenvalue weighted by molar-refractivity contribution is 5.78. The second kappa shape index (κ2) is 5.97. The molecule has 21 heavy (non-hydrogen) atoms. The van der Waals surface area contributed by atoms with Gasteiger partial charge in [-0.25, -0.2) is 4.98 Å². The van der Waals surface area contributed by atoms with E-state index in [2.05, 4.69) is 16.4 Å². The Kier molecular flexibility index (Phi) is 3.88. The first kappa shape index (κ1) is 13.6. The van der Waals surface area contributed by atoms with Crippen molar-refractivity contribution in [2.45, 2.75) is 6.42 Å². The zero-order valence-electron chi connectivity index (χ0n) is 12.2. The summed E-state index contributed by atoms with van der Waals surface area (Å²) in [5, 5.41) is 3.17. The minimum atomic E-state index is 0.657. The van der Waals surface area contributed by atoms with Gasteiger partial charge in [0.25, 0.3) is 0 Å². The van der Waals surface area contributed by atoms with Crippen molar-refractivity contribution in [2.75, 3.05) is 20.7 Å². The number of methoxy groups -OCH3 is 1. The van der Waals surface area contributed by atoms with Crippen LogP contribution in [0.25, 0.3) is 22.6 Å². The lowest BCUT2D eigenvalue weighted by atomic mass is 10.0. The lowest BCUT2D eigenvalue weighted by molar-refractivity contribution is 0.415. The molecule has 0 aliphatic rings. The van der Waals surface area contributed by atoms with Crippen molar-refractivity contribution in [3.63, 3.8) is 0 Å². The first-order valence-electron chi connectivity index (χ1n) is 6.99. The first-order chi connectivity index (χ1) is 10.3. The second-order valence-electron chi connectivity index (χ2n) is 4.86. The van der Waals surface area contributed by atoms with E-state index in [1.807, 2.05) is 43.4 Å². The maximum absolute atomic E-state index is 5.89. The molecule has 0 aliphatic heterocycles. The highest BCUT2D eigenvalue weighted by Crippen LogP contribution is 2.29. The maximum Gasteiger partial charge on any atom is 0.227 e. The van der Waals surface area contributed by atoms with Crippen LogP contribution < -0.4 is 10.1 Å². The molecular weight excluding hydrogens is 264 g/mol. The Labute approximate surface area is 123 Å². The van der Waals surface area contributed by atoms with Crippen molar-refractivity contribution in [3.05, 3.63) is 48.0 Å². The van der Waals surface area contributed by atoms with Gasteiger partial charge >= 0.3 is 0 Å². The molecular formula is C17H18N2O2. The van der Waals surface area contributed by atoms with Crippen LogP contribution in [0.1, 0.15) is 5.56 Å². The molecule has 1 heterocycles. The summed E-state index contributed by atoms with van der Waals surface area (Å²) < 4.78 is 11.1. The van der Waals surface area contributed by atoms with Crippen LogP contribution in [0.4, 0.5) is 0 Å². The Morgan fingerprint density at radius 1 is 1.19 bits per heavy atom. The molecule has 3 rings (SSSR count). The fraction of sp³-hybridized carbons (Fsp3) is 0.235. The molecule has 0 unspecified atom stereocenters. The quantitative estimate of drug-likeness (QED) is 0.780. The van der Waals surface area contributed by atoms with E-state index in [1.54, 1.807) is 7.11 Å². The zero-order chi connectivity index (χ0) is 14.7. The Morgan fingerprint density at radius 3 is 2.86 bits per heavy atom. The van der Waals surface area contributed by atoms with E-state index in [-0.39, 0.29) is 0 Å². The molecule has 1 aromatic heterocycles. The molecule has 2 aromatic carbocycles. The number of benzene rings is 2. The van der Waals surface area contributed by atoms with Crippen LogP contribution in [0.2, 0.25) is 0 Å². The van der Waals surface area contributed by atoms with Crippen molar-refractivity contribution in [1.82, 2.24) is 10.3 Å². The Bertz CT molecular complexity index is 749. The minimum Gasteiger partial charge on any atom is -0.497 e. The topological polar surface area (TPSA) is 47.3 Å². The molecule has 4 heteroatoms. The van der Waals surface area contributed by atoms with Crippen molar-refractivity contribution in [1.29, 1.82) is 0 Å². The van der Waals surface area contributed by atoms with Crippen molar-refractivity contribution in [3.8, 4) is 17.2 Å². The van der Waals surface area contributed by atoms with Crippen molar-refractivity contribution >= 4 is 11.1 Å². The minimum absolute atomic E-state index is 0.657. The molecule has 3 aromatic rings. The third kappa shape index (κ3) is 2.76. The number of hydrogen-bond acceptors (Lipinski definition) is 4. The Morgan fingerprint density at radius 2 is 2.05 bits per heavy atom. The molecule has 0 bridgehead atoms. The van der Waals surface area contributed by atoms with Crippen LogP contribution in [0.15, 0.2) is 46.9 Å². The third-order valence-electron chi connectivity index (χ3n) is 3.49. The lowest BCUT2D eigenvalue weighted by Gasteiger charge is -2.05. The number of nitrogens with zero attached hydrogens (tertiary/aromatic N) is 1. The van der Waals surface area contributed by atoms with Gasteiger partial charge in [0.1, 0.15) is 11.3 Å². The van der Waals surface area contributed by atoms with E-state index in [1.165, 1.54) is 5.56 Å². The van der Waals surface area contributed by atoms with E-state index in [0.29, 0.717) is 5.89 Å². The van der Waals surface area contributed by atoms with Gasteiger partial charge in [-0.2, -0.15) is 0 Å². The summed E-state index contributed by atoms with van der Waals surface area (Å²) in [6.07, 6.45) is 0.939. The van der Waals surface area contributed by atoms with E-state index in [9.17, 15) is 0 Å². The SMILES string of the molecule is CNCCc1ccccc1-c1nc2cc(OC)ccc2o1. The summed E-state index contributed by atoms with van der Waals surface area (Å²) >= 11 is 0. The maximum atomic E-state index is 5.89. The van der Waals surface area contributed by atoms with E-state index < -0.39 is 0 Å². The molecule has 0 atom stereocenters. The summed E-state index contributed by atoms with van der Waals surface area (Å²) in [6.45, 7) is 0.922. The van der Waals surface area contributed by atoms with Crippen molar-refractivity contribution < 1.29 is 9.15 Å². The zero-order valence-corrected chi connectivity index (χ0v) is 12.2. The molecule has 0 aliphatic carbocycles. The number of ether oxygens (including phenoxy) is 1. The molecule has 4 nitrogen and oxygen atoms in total. The van der Waals surface area contributed by atoms with Gasteiger partial charge in [0.15, 0.2) is 5.58 Å². The molecule has 0 saturated heterocycles. The van der Waals surface area contributed by atoms with Gasteiger partial charge in [0, 0.05) is 11.6 Å². The molecule has 0 fully saturated rings. The largest absolute Gasteiger partial charge is 0.497 e. The molecule has 0 spiro atoms. The summed E-state index contributed by atoms with van der Waals surface area (Å²) in [4.78, 5) is 4.59. The number of likely N-dealkylation sites (N-methyl/N-ethyl adjacent to an activating group) is 1. The van der Waals surface area contributed by atoms with Gasteiger partial charge in [0.2, 0.25) is 5.89 Å². The van der Waals surface area contributed by atoms with Crippen LogP contribution in [0.3, 0.4) is 0 Å². The van der Waals surface area contributed by atoms with E-state index in [4.69, 9.17) is 9.15 Å². The van der Waals surface area contributed by atoms with E-state index in [0.717, 1.165) is 35.4 Å². The first-order valence-corrected chi connectivity index (χ1v) is 6.99. The molecule has 108 valence electrons. The van der Waals surface area contributed by atoms with Crippen LogP contribution in [-0.4, -0.2) is 25.7 Å². The van der Waals surface area contributed by atoms with Crippen molar-refractivity contribution in [2.24, 2.45) is 0 Å². The third-order valence-corrected chi connectivity index (χ3v) is 3.49. The average molecular weight is 282 g/mol. The summed E-state index contributed by atoms with van der Waals surface area (Å²) in [6, 6.07) is 13.9. The van der Waals surface area contributed by atoms with Crippen LogP contribution in [0.5, 0.6) is 5.75 Å². The average Bonchev–Trinajstić information content (AvgIpc) is 2.95. The van der Waals surface area contributed by atoms with Gasteiger partial charge < -0.3 is 14.5 Å². The van der Waals surface area contributed by atoms with Crippen LogP contribution in [-0.2, 0) is 6.42 Å². The van der Waals surface area contributed by atoms with Gasteiger partial charge in [-0.1, -0.05) is 18.2 Å². The normalized spacial score (nSPS) is 11.0. The number of oxazole rings is 1. The smallest absolute Gasteiger partial charge is 0.227 e. The predicted molar refractivity (Wildman–Crippen MR) is 83.6 cm³/mol. The lowest BCUT2D eigenvalue weighted by Crippen LogP contribution is -2.10. The summed E-state index contributed by atoms with van der Waals surface area (Å²) in [5.41, 5.74) is 3.86. The second-order valence-corrected chi connectivity index (χ2v) is 4.86. The van der Waals surface area contributed by atoms with Gasteiger partial charge in [-0.15, -0.1) is 0 Å². The van der Waals surface area contributed by atoms with Gasteiger partial charge in [-0.3, -0.25) is 0 Å². The monoisotopic (exact) mass is 282 g/mol. The fourth-order valence-electron chi connectivity index (χ4n) is 2.36. The number of aromatic nitrogens is 1. The molecule has 1 N–H and O–H groups in total.